The first-order chi connectivity index (χ1) is 15.5. The summed E-state index contributed by atoms with van der Waals surface area (Å²) in [5.74, 6) is -0.490. The van der Waals surface area contributed by atoms with E-state index < -0.39 is 30.0 Å². The second-order valence-corrected chi connectivity index (χ2v) is 7.96. The zero-order valence-corrected chi connectivity index (χ0v) is 17.6. The Morgan fingerprint density at radius 2 is 0.688 bits per heavy atom. The summed E-state index contributed by atoms with van der Waals surface area (Å²) >= 11 is 0. The maximum absolute atomic E-state index is 16.5. The van der Waals surface area contributed by atoms with E-state index in [2.05, 4.69) is 0 Å². The number of ketones is 1. The van der Waals surface area contributed by atoms with E-state index in [1.54, 1.807) is 121 Å². The second kappa shape index (κ2) is 9.27. The van der Waals surface area contributed by atoms with Crippen molar-refractivity contribution >= 4 is 5.78 Å². The maximum atomic E-state index is 16.5. The first kappa shape index (κ1) is 21.6. The number of alkyl halides is 2. The normalized spacial score (nSPS) is 11.8. The molecule has 1 nitrogen and oxygen atoms in total. The van der Waals surface area contributed by atoms with Crippen molar-refractivity contribution < 1.29 is 13.6 Å². The van der Waals surface area contributed by atoms with Gasteiger partial charge in [0.2, 0.25) is 0 Å². The van der Waals surface area contributed by atoms with Crippen molar-refractivity contribution in [2.45, 2.75) is 24.2 Å². The van der Waals surface area contributed by atoms with Gasteiger partial charge in [0.25, 0.3) is 0 Å². The summed E-state index contributed by atoms with van der Waals surface area (Å²) in [5, 5.41) is 0. The molecule has 0 saturated heterocycles. The average molecular weight is 427 g/mol. The summed E-state index contributed by atoms with van der Waals surface area (Å²) in [6, 6.07) is 34.4. The molecule has 0 bridgehead atoms. The minimum absolute atomic E-state index is 0.378. The molecule has 160 valence electrons. The molecule has 0 heterocycles. The molecule has 4 rings (SSSR count). The molecule has 0 spiro atoms. The number of carbonyl (C=O) groups is 1. The minimum Gasteiger partial charge on any atom is -0.299 e. The SMILES string of the molecule is O=C(CC(F)(c1ccccc1)c1ccccc1)CC(F)(c1ccccc1)c1ccccc1. The third-order valence-electron chi connectivity index (χ3n) is 5.81. The van der Waals surface area contributed by atoms with Crippen molar-refractivity contribution in [2.75, 3.05) is 0 Å². The molecule has 32 heavy (non-hydrogen) atoms. The van der Waals surface area contributed by atoms with E-state index in [0.29, 0.717) is 22.3 Å². The van der Waals surface area contributed by atoms with Crippen LogP contribution in [-0.2, 0) is 16.1 Å². The first-order valence-corrected chi connectivity index (χ1v) is 10.6. The number of rotatable bonds is 8. The average Bonchev–Trinajstić information content (AvgIpc) is 2.86. The molecule has 0 fully saturated rings. The highest BCUT2D eigenvalue weighted by atomic mass is 19.1. The fraction of sp³-hybridized carbons (Fsp3) is 0.138. The van der Waals surface area contributed by atoms with Crippen molar-refractivity contribution in [2.24, 2.45) is 0 Å². The molecule has 4 aromatic carbocycles. The predicted molar refractivity (Wildman–Crippen MR) is 124 cm³/mol. The largest absolute Gasteiger partial charge is 0.299 e. The van der Waals surface area contributed by atoms with Crippen molar-refractivity contribution in [1.29, 1.82) is 0 Å². The molecule has 0 atom stereocenters. The highest BCUT2D eigenvalue weighted by Gasteiger charge is 2.41. The Balaban J connectivity index is 1.70. The third kappa shape index (κ3) is 4.38. The van der Waals surface area contributed by atoms with Gasteiger partial charge in [0.05, 0.1) is 0 Å². The van der Waals surface area contributed by atoms with Gasteiger partial charge < -0.3 is 0 Å². The van der Waals surface area contributed by atoms with Crippen molar-refractivity contribution in [1.82, 2.24) is 0 Å². The fourth-order valence-electron chi connectivity index (χ4n) is 4.16. The molecule has 0 aliphatic heterocycles. The van der Waals surface area contributed by atoms with Gasteiger partial charge in [-0.1, -0.05) is 121 Å². The number of hydrogen-bond donors (Lipinski definition) is 0. The Morgan fingerprint density at radius 3 is 0.906 bits per heavy atom. The van der Waals surface area contributed by atoms with E-state index in [-0.39, 0.29) is 0 Å². The van der Waals surface area contributed by atoms with Crippen LogP contribution in [0.25, 0.3) is 0 Å². The van der Waals surface area contributed by atoms with Gasteiger partial charge in [-0.25, -0.2) is 8.78 Å². The number of Topliss-reactive ketones (excluding diaryl/α,β-unsaturated/α-hetero) is 1. The van der Waals surface area contributed by atoms with Gasteiger partial charge in [0.1, 0.15) is 5.78 Å². The summed E-state index contributed by atoms with van der Waals surface area (Å²) in [7, 11) is 0. The second-order valence-electron chi connectivity index (χ2n) is 7.96. The molecule has 3 heteroatoms. The van der Waals surface area contributed by atoms with E-state index in [9.17, 15) is 4.79 Å². The number of hydrogen-bond acceptors (Lipinski definition) is 1. The lowest BCUT2D eigenvalue weighted by molar-refractivity contribution is -0.123. The van der Waals surface area contributed by atoms with Crippen molar-refractivity contribution in [3.8, 4) is 0 Å². The minimum atomic E-state index is -2.05. The first-order valence-electron chi connectivity index (χ1n) is 10.6. The van der Waals surface area contributed by atoms with Crippen LogP contribution in [0, 0.1) is 0 Å². The van der Waals surface area contributed by atoms with Crippen LogP contribution < -0.4 is 0 Å². The van der Waals surface area contributed by atoms with Crippen LogP contribution in [0.4, 0.5) is 8.78 Å². The van der Waals surface area contributed by atoms with Gasteiger partial charge >= 0.3 is 0 Å². The van der Waals surface area contributed by atoms with Crippen LogP contribution in [0.1, 0.15) is 35.1 Å². The van der Waals surface area contributed by atoms with E-state index in [4.69, 9.17) is 0 Å². The summed E-state index contributed by atoms with van der Waals surface area (Å²) in [6.07, 6.45) is -0.904. The number of halogens is 2. The van der Waals surface area contributed by atoms with E-state index >= 15 is 8.78 Å². The zero-order valence-electron chi connectivity index (χ0n) is 17.6. The molecule has 0 aliphatic carbocycles. The Hall–Kier alpha value is -3.59. The Labute approximate surface area is 187 Å². The van der Waals surface area contributed by atoms with Crippen molar-refractivity contribution in [3.63, 3.8) is 0 Å². The summed E-state index contributed by atoms with van der Waals surface area (Å²) in [4.78, 5) is 13.3. The highest BCUT2D eigenvalue weighted by Crippen LogP contribution is 2.42. The molecule has 0 N–H and O–H groups in total. The lowest BCUT2D eigenvalue weighted by Crippen LogP contribution is -2.31. The fourth-order valence-corrected chi connectivity index (χ4v) is 4.16. The lowest BCUT2D eigenvalue weighted by atomic mass is 9.79. The van der Waals surface area contributed by atoms with Crippen LogP contribution in [0.2, 0.25) is 0 Å². The predicted octanol–water partition coefficient (Wildman–Crippen LogP) is 7.16. The zero-order chi connectivity index (χ0) is 22.4. The van der Waals surface area contributed by atoms with E-state index in [1.165, 1.54) is 0 Å². The van der Waals surface area contributed by atoms with Crippen LogP contribution in [0.3, 0.4) is 0 Å². The molecular weight excluding hydrogens is 402 g/mol. The van der Waals surface area contributed by atoms with Gasteiger partial charge in [-0.05, 0) is 22.3 Å². The quantitative estimate of drug-likeness (QED) is 0.292. The Morgan fingerprint density at radius 1 is 0.469 bits per heavy atom. The molecule has 0 aromatic heterocycles. The van der Waals surface area contributed by atoms with Crippen molar-refractivity contribution in [3.05, 3.63) is 144 Å². The third-order valence-corrected chi connectivity index (χ3v) is 5.81. The van der Waals surface area contributed by atoms with Crippen LogP contribution in [-0.4, -0.2) is 5.78 Å². The Bertz CT molecular complexity index is 971. The number of benzene rings is 4. The molecular formula is C29H24F2O. The van der Waals surface area contributed by atoms with E-state index in [0.717, 1.165) is 0 Å². The molecule has 0 saturated carbocycles. The van der Waals surface area contributed by atoms with Gasteiger partial charge in [0, 0.05) is 12.8 Å². The maximum Gasteiger partial charge on any atom is 0.167 e. The smallest absolute Gasteiger partial charge is 0.167 e. The van der Waals surface area contributed by atoms with Gasteiger partial charge in [-0.3, -0.25) is 4.79 Å². The highest BCUT2D eigenvalue weighted by molar-refractivity contribution is 5.82. The molecule has 4 aromatic rings. The van der Waals surface area contributed by atoms with Crippen LogP contribution in [0.5, 0.6) is 0 Å². The van der Waals surface area contributed by atoms with Gasteiger partial charge in [-0.15, -0.1) is 0 Å². The summed E-state index contributed by atoms with van der Waals surface area (Å²) in [6.45, 7) is 0. The Kier molecular flexibility index (Phi) is 6.27. The number of carbonyl (C=O) groups excluding carboxylic acids is 1. The molecule has 0 aliphatic rings. The molecule has 0 amide bonds. The topological polar surface area (TPSA) is 17.1 Å². The molecule has 0 unspecified atom stereocenters. The molecule has 0 radical (unpaired) electrons. The summed E-state index contributed by atoms with van der Waals surface area (Å²) in [5.41, 5.74) is -2.58. The monoisotopic (exact) mass is 426 g/mol. The lowest BCUT2D eigenvalue weighted by Gasteiger charge is -2.29. The van der Waals surface area contributed by atoms with Gasteiger partial charge in [0.15, 0.2) is 11.3 Å². The summed E-state index contributed by atoms with van der Waals surface area (Å²) < 4.78 is 33.1. The standard InChI is InChI=1S/C29H24F2O/c30-28(23-13-5-1-6-14-23,24-15-7-2-8-16-24)21-27(32)22-29(31,25-17-9-3-10-18-25)26-19-11-4-12-20-26/h1-20H,21-22H2. The van der Waals surface area contributed by atoms with Crippen LogP contribution in [0.15, 0.2) is 121 Å². The van der Waals surface area contributed by atoms with Crippen LogP contribution >= 0.6 is 0 Å². The van der Waals surface area contributed by atoms with Gasteiger partial charge in [-0.2, -0.15) is 0 Å². The van der Waals surface area contributed by atoms with E-state index in [1.807, 2.05) is 0 Å².